The lowest BCUT2D eigenvalue weighted by Gasteiger charge is -2.56. The lowest BCUT2D eigenvalue weighted by molar-refractivity contribution is -0.141. The molecule has 5 nitrogen and oxygen atoms in total. The Morgan fingerprint density at radius 2 is 1.67 bits per heavy atom. The first kappa shape index (κ1) is 14.7. The molecular weight excluding hydrogens is 268 g/mol. The van der Waals surface area contributed by atoms with Crippen molar-refractivity contribution in [2.75, 3.05) is 27.2 Å². The van der Waals surface area contributed by atoms with Gasteiger partial charge in [-0.1, -0.05) is 0 Å². The summed E-state index contributed by atoms with van der Waals surface area (Å²) in [6, 6.07) is -0.170. The van der Waals surface area contributed by atoms with Crippen LogP contribution in [0.5, 0.6) is 0 Å². The van der Waals surface area contributed by atoms with Crippen LogP contribution < -0.4 is 5.32 Å². The lowest BCUT2D eigenvalue weighted by Crippen LogP contribution is -2.52. The van der Waals surface area contributed by atoms with Crippen LogP contribution in [-0.2, 0) is 9.53 Å². The van der Waals surface area contributed by atoms with E-state index in [0.29, 0.717) is 5.41 Å². The van der Waals surface area contributed by atoms with E-state index in [-0.39, 0.29) is 18.5 Å². The Morgan fingerprint density at radius 1 is 1.14 bits per heavy atom. The second kappa shape index (κ2) is 5.50. The van der Waals surface area contributed by atoms with Gasteiger partial charge >= 0.3 is 12.0 Å². The Labute approximate surface area is 126 Å². The number of carbonyl (C=O) groups is 2. The SMILES string of the molecule is COC(=O)CN(C)C(=O)NCC12CC3CC(CC(C3)C1)C2. The Hall–Kier alpha value is -1.26. The molecule has 4 aliphatic carbocycles. The molecular formula is C16H26N2O3. The van der Waals surface area contributed by atoms with Crippen LogP contribution in [0, 0.1) is 23.2 Å². The number of hydrogen-bond acceptors (Lipinski definition) is 3. The number of hydrogen-bond donors (Lipinski definition) is 1. The van der Waals surface area contributed by atoms with E-state index in [0.717, 1.165) is 24.3 Å². The molecule has 0 radical (unpaired) electrons. The minimum Gasteiger partial charge on any atom is -0.468 e. The molecule has 0 atom stereocenters. The van der Waals surface area contributed by atoms with Crippen molar-refractivity contribution in [3.05, 3.63) is 0 Å². The van der Waals surface area contributed by atoms with Crippen LogP contribution >= 0.6 is 0 Å². The normalized spacial score (nSPS) is 36.4. The Morgan fingerprint density at radius 3 is 2.14 bits per heavy atom. The highest BCUT2D eigenvalue weighted by Crippen LogP contribution is 2.59. The molecule has 4 bridgehead atoms. The third-order valence-electron chi connectivity index (χ3n) is 5.72. The smallest absolute Gasteiger partial charge is 0.325 e. The summed E-state index contributed by atoms with van der Waals surface area (Å²) in [6.07, 6.45) is 8.07. The van der Waals surface area contributed by atoms with E-state index in [1.54, 1.807) is 7.05 Å². The second-order valence-corrected chi connectivity index (χ2v) is 7.51. The van der Waals surface area contributed by atoms with E-state index >= 15 is 0 Å². The van der Waals surface area contributed by atoms with E-state index in [2.05, 4.69) is 10.1 Å². The van der Waals surface area contributed by atoms with Crippen LogP contribution in [0.4, 0.5) is 4.79 Å². The van der Waals surface area contributed by atoms with E-state index in [4.69, 9.17) is 0 Å². The van der Waals surface area contributed by atoms with Crippen molar-refractivity contribution < 1.29 is 14.3 Å². The van der Waals surface area contributed by atoms with Crippen molar-refractivity contribution in [2.45, 2.75) is 38.5 Å². The van der Waals surface area contributed by atoms with Gasteiger partial charge in [0.05, 0.1) is 7.11 Å². The molecule has 0 heterocycles. The number of likely N-dealkylation sites (N-methyl/N-ethyl adjacent to an activating group) is 1. The van der Waals surface area contributed by atoms with Crippen LogP contribution in [-0.4, -0.2) is 44.1 Å². The van der Waals surface area contributed by atoms with Crippen molar-refractivity contribution in [3.63, 3.8) is 0 Å². The molecule has 4 rings (SSSR count). The van der Waals surface area contributed by atoms with Crippen molar-refractivity contribution in [3.8, 4) is 0 Å². The first-order chi connectivity index (χ1) is 9.99. The van der Waals surface area contributed by atoms with E-state index < -0.39 is 0 Å². The molecule has 0 saturated heterocycles. The van der Waals surface area contributed by atoms with Gasteiger partial charge in [0.1, 0.15) is 6.54 Å². The Balaban J connectivity index is 1.53. The van der Waals surface area contributed by atoms with Gasteiger partial charge in [0, 0.05) is 13.6 Å². The molecule has 2 amide bonds. The summed E-state index contributed by atoms with van der Waals surface area (Å²) in [7, 11) is 2.97. The number of esters is 1. The second-order valence-electron chi connectivity index (χ2n) is 7.51. The summed E-state index contributed by atoms with van der Waals surface area (Å²) >= 11 is 0. The molecule has 4 aliphatic rings. The summed E-state index contributed by atoms with van der Waals surface area (Å²) < 4.78 is 4.59. The van der Waals surface area contributed by atoms with Crippen LogP contribution in [0.15, 0.2) is 0 Å². The molecule has 0 aromatic rings. The number of methoxy groups -OCH3 is 1. The molecule has 118 valence electrons. The minimum absolute atomic E-state index is 0.00318. The Bertz CT molecular complexity index is 400. The van der Waals surface area contributed by atoms with Gasteiger partial charge < -0.3 is 15.0 Å². The minimum atomic E-state index is -0.387. The summed E-state index contributed by atoms with van der Waals surface area (Å²) in [4.78, 5) is 24.7. The molecule has 4 fully saturated rings. The summed E-state index contributed by atoms with van der Waals surface area (Å²) in [5.74, 6) is 2.28. The maximum absolute atomic E-state index is 12.1. The van der Waals surface area contributed by atoms with Crippen LogP contribution in [0.3, 0.4) is 0 Å². The average molecular weight is 294 g/mol. The highest BCUT2D eigenvalue weighted by Gasteiger charge is 2.50. The number of ether oxygens (including phenoxy) is 1. The fourth-order valence-electron chi connectivity index (χ4n) is 5.23. The zero-order chi connectivity index (χ0) is 15.0. The maximum atomic E-state index is 12.1. The zero-order valence-corrected chi connectivity index (χ0v) is 13.1. The van der Waals surface area contributed by atoms with Gasteiger partial charge in [-0.25, -0.2) is 4.79 Å². The first-order valence-electron chi connectivity index (χ1n) is 8.05. The van der Waals surface area contributed by atoms with Gasteiger partial charge in [0.2, 0.25) is 0 Å². The molecule has 0 aromatic carbocycles. The molecule has 5 heteroatoms. The van der Waals surface area contributed by atoms with Gasteiger partial charge in [0.25, 0.3) is 0 Å². The largest absolute Gasteiger partial charge is 0.468 e. The average Bonchev–Trinajstić information content (AvgIpc) is 2.43. The molecule has 0 aliphatic heterocycles. The molecule has 0 aromatic heterocycles. The van der Waals surface area contributed by atoms with Gasteiger partial charge in [-0.15, -0.1) is 0 Å². The fourth-order valence-corrected chi connectivity index (χ4v) is 5.23. The van der Waals surface area contributed by atoms with Crippen LogP contribution in [0.25, 0.3) is 0 Å². The maximum Gasteiger partial charge on any atom is 0.325 e. The number of nitrogens with one attached hydrogen (secondary N) is 1. The first-order valence-corrected chi connectivity index (χ1v) is 8.05. The van der Waals surface area contributed by atoms with Gasteiger partial charge in [0.15, 0.2) is 0 Å². The summed E-state index contributed by atoms with van der Waals surface area (Å²) in [5, 5.41) is 3.05. The highest BCUT2D eigenvalue weighted by molar-refractivity contribution is 5.80. The third-order valence-corrected chi connectivity index (χ3v) is 5.72. The van der Waals surface area contributed by atoms with Crippen LogP contribution in [0.2, 0.25) is 0 Å². The summed E-state index contributed by atoms with van der Waals surface area (Å²) in [6.45, 7) is 0.768. The Kier molecular flexibility index (Phi) is 3.84. The molecule has 0 spiro atoms. The standard InChI is InChI=1S/C16H26N2O3/c1-18(9-14(19)21-2)15(20)17-10-16-6-11-3-12(7-16)5-13(4-11)8-16/h11-13H,3-10H2,1-2H3,(H,17,20). The van der Waals surface area contributed by atoms with Crippen molar-refractivity contribution in [2.24, 2.45) is 23.2 Å². The number of urea groups is 1. The van der Waals surface area contributed by atoms with Gasteiger partial charge in [-0.2, -0.15) is 0 Å². The molecule has 1 N–H and O–H groups in total. The van der Waals surface area contributed by atoms with E-state index in [1.165, 1.54) is 50.5 Å². The fraction of sp³-hybridized carbons (Fsp3) is 0.875. The number of rotatable bonds is 4. The van der Waals surface area contributed by atoms with E-state index in [9.17, 15) is 9.59 Å². The third kappa shape index (κ3) is 3.01. The van der Waals surface area contributed by atoms with E-state index in [1.807, 2.05) is 0 Å². The van der Waals surface area contributed by atoms with Crippen molar-refractivity contribution >= 4 is 12.0 Å². The number of carbonyl (C=O) groups excluding carboxylic acids is 2. The van der Waals surface area contributed by atoms with Crippen LogP contribution in [0.1, 0.15) is 38.5 Å². The van der Waals surface area contributed by atoms with Crippen molar-refractivity contribution in [1.29, 1.82) is 0 Å². The highest BCUT2D eigenvalue weighted by atomic mass is 16.5. The predicted molar refractivity (Wildman–Crippen MR) is 78.6 cm³/mol. The topological polar surface area (TPSA) is 58.6 Å². The molecule has 21 heavy (non-hydrogen) atoms. The quantitative estimate of drug-likeness (QED) is 0.807. The number of nitrogens with zero attached hydrogens (tertiary/aromatic N) is 1. The zero-order valence-electron chi connectivity index (χ0n) is 13.1. The van der Waals surface area contributed by atoms with Gasteiger partial charge in [-0.3, -0.25) is 4.79 Å². The summed E-state index contributed by atoms with van der Waals surface area (Å²) in [5.41, 5.74) is 0.330. The van der Waals surface area contributed by atoms with Gasteiger partial charge in [-0.05, 0) is 61.7 Å². The molecule has 4 saturated carbocycles. The predicted octanol–water partition coefficient (Wildman–Crippen LogP) is 2.02. The number of amides is 2. The molecule has 0 unspecified atom stereocenters. The monoisotopic (exact) mass is 294 g/mol. The van der Waals surface area contributed by atoms with Crippen molar-refractivity contribution in [1.82, 2.24) is 10.2 Å². The lowest BCUT2D eigenvalue weighted by atomic mass is 9.49.